The molecule has 1 rings (SSSR count). The van der Waals surface area contributed by atoms with Crippen LogP contribution in [0.15, 0.2) is 12.1 Å². The van der Waals surface area contributed by atoms with E-state index in [9.17, 15) is 18.4 Å². The summed E-state index contributed by atoms with van der Waals surface area (Å²) in [4.78, 5) is 20.4. The summed E-state index contributed by atoms with van der Waals surface area (Å²) in [5, 5.41) is 8.36. The topological polar surface area (TPSA) is 54.4 Å². The summed E-state index contributed by atoms with van der Waals surface area (Å²) in [5.41, 5.74) is -1.29. The van der Waals surface area contributed by atoms with Crippen molar-refractivity contribution in [2.24, 2.45) is 0 Å². The van der Waals surface area contributed by atoms with Gasteiger partial charge in [-0.1, -0.05) is 0 Å². The van der Waals surface area contributed by atoms with Crippen LogP contribution in [0.2, 0.25) is 0 Å². The lowest BCUT2D eigenvalue weighted by Gasteiger charge is -1.99. The number of rotatable bonds is 2. The van der Waals surface area contributed by atoms with Crippen LogP contribution in [0.25, 0.3) is 0 Å². The molecule has 0 aliphatic heterocycles. The lowest BCUT2D eigenvalue weighted by atomic mass is 10.1. The van der Waals surface area contributed by atoms with Gasteiger partial charge in [-0.25, -0.2) is 13.6 Å². The number of carbonyl (C=O) groups is 2. The Bertz CT molecular complexity index is 374. The molecule has 0 heterocycles. The van der Waals surface area contributed by atoms with Crippen molar-refractivity contribution in [3.05, 3.63) is 34.9 Å². The Hall–Kier alpha value is -1.78. The summed E-state index contributed by atoms with van der Waals surface area (Å²) in [6, 6.07) is 1.75. The number of carboxylic acids is 1. The van der Waals surface area contributed by atoms with Crippen LogP contribution >= 0.6 is 0 Å². The fraction of sp³-hybridized carbons (Fsp3) is 0. The second kappa shape index (κ2) is 3.30. The second-order valence-corrected chi connectivity index (χ2v) is 2.25. The standard InChI is InChI=1S/C8H4F2O3/c9-6-4(3-11)1-2-5(7(6)10)8(12)13/h1-3H,(H,12,13). The molecule has 1 aromatic rings. The van der Waals surface area contributed by atoms with Crippen LogP contribution in [0.4, 0.5) is 8.78 Å². The molecule has 0 unspecified atom stereocenters. The van der Waals surface area contributed by atoms with Gasteiger partial charge in [-0.05, 0) is 12.1 Å². The van der Waals surface area contributed by atoms with E-state index in [4.69, 9.17) is 5.11 Å². The van der Waals surface area contributed by atoms with Gasteiger partial charge in [0, 0.05) is 0 Å². The second-order valence-electron chi connectivity index (χ2n) is 2.25. The average Bonchev–Trinajstić information content (AvgIpc) is 2.09. The van der Waals surface area contributed by atoms with Crippen molar-refractivity contribution in [3.63, 3.8) is 0 Å². The zero-order chi connectivity index (χ0) is 10.0. The van der Waals surface area contributed by atoms with Gasteiger partial charge >= 0.3 is 5.97 Å². The Kier molecular flexibility index (Phi) is 2.36. The first-order valence-electron chi connectivity index (χ1n) is 3.24. The van der Waals surface area contributed by atoms with Crippen molar-refractivity contribution in [3.8, 4) is 0 Å². The molecule has 0 fully saturated rings. The van der Waals surface area contributed by atoms with Gasteiger partial charge in [0.2, 0.25) is 0 Å². The van der Waals surface area contributed by atoms with Gasteiger partial charge in [0.25, 0.3) is 0 Å². The van der Waals surface area contributed by atoms with Crippen LogP contribution in [-0.4, -0.2) is 17.4 Å². The van der Waals surface area contributed by atoms with Crippen molar-refractivity contribution >= 4 is 12.3 Å². The minimum absolute atomic E-state index is 0.115. The molecule has 0 saturated carbocycles. The first-order chi connectivity index (χ1) is 6.07. The number of benzene rings is 1. The third-order valence-electron chi connectivity index (χ3n) is 1.47. The molecule has 0 amide bonds. The number of halogens is 2. The van der Waals surface area contributed by atoms with E-state index >= 15 is 0 Å². The van der Waals surface area contributed by atoms with E-state index in [1.54, 1.807) is 0 Å². The first kappa shape index (κ1) is 9.31. The average molecular weight is 186 g/mol. The number of hydrogen-bond acceptors (Lipinski definition) is 2. The van der Waals surface area contributed by atoms with E-state index in [0.29, 0.717) is 0 Å². The van der Waals surface area contributed by atoms with Crippen LogP contribution in [0.5, 0.6) is 0 Å². The maximum Gasteiger partial charge on any atom is 0.338 e. The third kappa shape index (κ3) is 1.53. The molecular formula is C8H4F2O3. The Labute approximate surface area is 71.6 Å². The molecule has 0 radical (unpaired) electrons. The summed E-state index contributed by atoms with van der Waals surface area (Å²) < 4.78 is 25.5. The number of aldehydes is 1. The maximum absolute atomic E-state index is 12.8. The molecular weight excluding hydrogens is 182 g/mol. The van der Waals surface area contributed by atoms with Gasteiger partial charge in [0.15, 0.2) is 17.9 Å². The van der Waals surface area contributed by atoms with Crippen LogP contribution in [-0.2, 0) is 0 Å². The van der Waals surface area contributed by atoms with E-state index in [2.05, 4.69) is 0 Å². The molecule has 0 spiro atoms. The van der Waals surface area contributed by atoms with E-state index in [1.165, 1.54) is 0 Å². The molecule has 68 valence electrons. The lowest BCUT2D eigenvalue weighted by molar-refractivity contribution is 0.0690. The smallest absolute Gasteiger partial charge is 0.338 e. The Balaban J connectivity index is 3.39. The van der Waals surface area contributed by atoms with E-state index in [0.717, 1.165) is 12.1 Å². The Morgan fingerprint density at radius 3 is 2.38 bits per heavy atom. The quantitative estimate of drug-likeness (QED) is 0.711. The largest absolute Gasteiger partial charge is 0.478 e. The van der Waals surface area contributed by atoms with E-state index in [-0.39, 0.29) is 6.29 Å². The number of carbonyl (C=O) groups excluding carboxylic acids is 1. The maximum atomic E-state index is 12.8. The summed E-state index contributed by atoms with van der Waals surface area (Å²) in [6.45, 7) is 0. The number of aromatic carboxylic acids is 1. The van der Waals surface area contributed by atoms with Crippen molar-refractivity contribution < 1.29 is 23.5 Å². The molecule has 0 aromatic heterocycles. The summed E-state index contributed by atoms with van der Waals surface area (Å²) in [6.07, 6.45) is 0.115. The van der Waals surface area contributed by atoms with Crippen LogP contribution in [0.3, 0.4) is 0 Å². The molecule has 0 aliphatic rings. The number of hydrogen-bond donors (Lipinski definition) is 1. The minimum atomic E-state index is -1.58. The van der Waals surface area contributed by atoms with Crippen LogP contribution in [0.1, 0.15) is 20.7 Å². The molecule has 1 N–H and O–H groups in total. The highest BCUT2D eigenvalue weighted by atomic mass is 19.2. The molecule has 0 bridgehead atoms. The van der Waals surface area contributed by atoms with E-state index in [1.807, 2.05) is 0 Å². The highest BCUT2D eigenvalue weighted by Crippen LogP contribution is 2.14. The third-order valence-corrected chi connectivity index (χ3v) is 1.47. The fourth-order valence-electron chi connectivity index (χ4n) is 0.821. The van der Waals surface area contributed by atoms with Gasteiger partial charge in [-0.15, -0.1) is 0 Å². The monoisotopic (exact) mass is 186 g/mol. The lowest BCUT2D eigenvalue weighted by Crippen LogP contribution is -2.04. The number of carboxylic acid groups (broad SMARTS) is 1. The zero-order valence-corrected chi connectivity index (χ0v) is 6.25. The normalized spacial score (nSPS) is 9.69. The Morgan fingerprint density at radius 2 is 1.92 bits per heavy atom. The van der Waals surface area contributed by atoms with Crippen LogP contribution in [0, 0.1) is 11.6 Å². The van der Waals surface area contributed by atoms with Crippen molar-refractivity contribution in [2.45, 2.75) is 0 Å². The van der Waals surface area contributed by atoms with E-state index < -0.39 is 28.7 Å². The summed E-state index contributed by atoms with van der Waals surface area (Å²) in [5.74, 6) is -4.53. The van der Waals surface area contributed by atoms with Crippen molar-refractivity contribution in [1.29, 1.82) is 0 Å². The molecule has 3 nitrogen and oxygen atoms in total. The molecule has 0 aliphatic carbocycles. The van der Waals surface area contributed by atoms with Gasteiger partial charge in [0.1, 0.15) is 0 Å². The first-order valence-corrected chi connectivity index (χ1v) is 3.24. The van der Waals surface area contributed by atoms with Crippen molar-refractivity contribution in [1.82, 2.24) is 0 Å². The Morgan fingerprint density at radius 1 is 1.31 bits per heavy atom. The zero-order valence-electron chi connectivity index (χ0n) is 6.25. The van der Waals surface area contributed by atoms with Crippen LogP contribution < -0.4 is 0 Å². The van der Waals surface area contributed by atoms with Gasteiger partial charge < -0.3 is 5.11 Å². The molecule has 13 heavy (non-hydrogen) atoms. The fourth-order valence-corrected chi connectivity index (χ4v) is 0.821. The van der Waals surface area contributed by atoms with Crippen molar-refractivity contribution in [2.75, 3.05) is 0 Å². The molecule has 1 aromatic carbocycles. The predicted octanol–water partition coefficient (Wildman–Crippen LogP) is 1.48. The van der Waals surface area contributed by atoms with Gasteiger partial charge in [-0.3, -0.25) is 4.79 Å². The molecule has 0 saturated heterocycles. The van der Waals surface area contributed by atoms with Gasteiger partial charge in [0.05, 0.1) is 11.1 Å². The highest BCUT2D eigenvalue weighted by Gasteiger charge is 2.17. The molecule has 0 atom stereocenters. The SMILES string of the molecule is O=Cc1ccc(C(=O)O)c(F)c1F. The van der Waals surface area contributed by atoms with Gasteiger partial charge in [-0.2, -0.15) is 0 Å². The minimum Gasteiger partial charge on any atom is -0.478 e. The summed E-state index contributed by atoms with van der Waals surface area (Å²) in [7, 11) is 0. The predicted molar refractivity (Wildman–Crippen MR) is 38.7 cm³/mol. The molecule has 5 heteroatoms. The summed E-state index contributed by atoms with van der Waals surface area (Å²) >= 11 is 0. The highest BCUT2D eigenvalue weighted by molar-refractivity contribution is 5.89.